The Balaban J connectivity index is 1.53. The van der Waals surface area contributed by atoms with E-state index in [1.54, 1.807) is 0 Å². The molecule has 23 heavy (non-hydrogen) atoms. The SMILES string of the molecule is CCCCc1nc(Cl)c(CN2CCN(c3ccccc3)CC2)[nH]1. The van der Waals surface area contributed by atoms with E-state index in [1.807, 2.05) is 0 Å². The smallest absolute Gasteiger partial charge is 0.151 e. The molecule has 0 atom stereocenters. The lowest BCUT2D eigenvalue weighted by Crippen LogP contribution is -2.46. The van der Waals surface area contributed by atoms with Crippen molar-refractivity contribution < 1.29 is 0 Å². The molecule has 5 heteroatoms. The van der Waals surface area contributed by atoms with Crippen LogP contribution in [0, 0.1) is 0 Å². The van der Waals surface area contributed by atoms with Crippen molar-refractivity contribution in [2.45, 2.75) is 32.7 Å². The number of imidazole rings is 1. The van der Waals surface area contributed by atoms with Crippen molar-refractivity contribution in [1.82, 2.24) is 14.9 Å². The van der Waals surface area contributed by atoms with Crippen LogP contribution < -0.4 is 4.90 Å². The second-order valence-corrected chi connectivity index (χ2v) is 6.51. The number of aryl methyl sites for hydroxylation is 1. The number of piperazine rings is 1. The number of nitrogens with zero attached hydrogens (tertiary/aromatic N) is 3. The standard InChI is InChI=1S/C18H25ClN4/c1-2-3-9-17-20-16(18(19)21-17)14-22-10-12-23(13-11-22)15-7-5-4-6-8-15/h4-8H,2-3,9-14H2,1H3,(H,20,21). The maximum atomic E-state index is 6.29. The number of para-hydroxylation sites is 1. The minimum absolute atomic E-state index is 0.640. The molecule has 3 rings (SSSR count). The zero-order chi connectivity index (χ0) is 16.1. The molecule has 0 amide bonds. The molecule has 1 aromatic heterocycles. The summed E-state index contributed by atoms with van der Waals surface area (Å²) in [6.45, 7) is 7.26. The monoisotopic (exact) mass is 332 g/mol. The number of unbranched alkanes of at least 4 members (excludes halogenated alkanes) is 1. The van der Waals surface area contributed by atoms with Crippen LogP contribution in [0.3, 0.4) is 0 Å². The van der Waals surface area contributed by atoms with Gasteiger partial charge in [0.2, 0.25) is 0 Å². The molecular weight excluding hydrogens is 308 g/mol. The molecule has 2 aromatic rings. The summed E-state index contributed by atoms with van der Waals surface area (Å²) >= 11 is 6.29. The van der Waals surface area contributed by atoms with Crippen LogP contribution in [0.1, 0.15) is 31.3 Å². The van der Waals surface area contributed by atoms with Gasteiger partial charge in [-0.15, -0.1) is 0 Å². The zero-order valence-electron chi connectivity index (χ0n) is 13.8. The Morgan fingerprint density at radius 3 is 2.57 bits per heavy atom. The number of aromatic amines is 1. The van der Waals surface area contributed by atoms with Gasteiger partial charge in [0.15, 0.2) is 5.15 Å². The van der Waals surface area contributed by atoms with Gasteiger partial charge in [-0.25, -0.2) is 4.98 Å². The normalized spacial score (nSPS) is 16.0. The van der Waals surface area contributed by atoms with Crippen molar-refractivity contribution in [3.05, 3.63) is 47.0 Å². The minimum Gasteiger partial charge on any atom is -0.369 e. The molecule has 2 heterocycles. The van der Waals surface area contributed by atoms with Gasteiger partial charge in [0.25, 0.3) is 0 Å². The molecule has 1 N–H and O–H groups in total. The Labute approximate surface area is 143 Å². The summed E-state index contributed by atoms with van der Waals surface area (Å²) < 4.78 is 0. The maximum Gasteiger partial charge on any atom is 0.151 e. The van der Waals surface area contributed by atoms with Crippen LogP contribution in [0.4, 0.5) is 5.69 Å². The predicted octanol–water partition coefficient (Wildman–Crippen LogP) is 3.73. The zero-order valence-corrected chi connectivity index (χ0v) is 14.5. The fraction of sp³-hybridized carbons (Fsp3) is 0.500. The minimum atomic E-state index is 0.640. The average Bonchev–Trinajstić information content (AvgIpc) is 2.94. The van der Waals surface area contributed by atoms with Gasteiger partial charge in [0.05, 0.1) is 5.69 Å². The molecular formula is C18H25ClN4. The highest BCUT2D eigenvalue weighted by atomic mass is 35.5. The topological polar surface area (TPSA) is 35.2 Å². The number of H-pyrrole nitrogens is 1. The molecule has 1 aromatic carbocycles. The van der Waals surface area contributed by atoms with Crippen molar-refractivity contribution in [3.63, 3.8) is 0 Å². The highest BCUT2D eigenvalue weighted by Crippen LogP contribution is 2.19. The summed E-state index contributed by atoms with van der Waals surface area (Å²) in [7, 11) is 0. The lowest BCUT2D eigenvalue weighted by atomic mass is 10.2. The Morgan fingerprint density at radius 2 is 1.87 bits per heavy atom. The van der Waals surface area contributed by atoms with Gasteiger partial charge in [0.1, 0.15) is 5.82 Å². The van der Waals surface area contributed by atoms with Crippen molar-refractivity contribution >= 4 is 17.3 Å². The van der Waals surface area contributed by atoms with Crippen LogP contribution in [0.25, 0.3) is 0 Å². The lowest BCUT2D eigenvalue weighted by Gasteiger charge is -2.35. The van der Waals surface area contributed by atoms with Gasteiger partial charge >= 0.3 is 0 Å². The Hall–Kier alpha value is -1.52. The molecule has 1 aliphatic rings. The number of benzene rings is 1. The molecule has 4 nitrogen and oxygen atoms in total. The quantitative estimate of drug-likeness (QED) is 0.875. The molecule has 0 radical (unpaired) electrons. The van der Waals surface area contributed by atoms with Crippen molar-refractivity contribution in [3.8, 4) is 0 Å². The predicted molar refractivity (Wildman–Crippen MR) is 96.1 cm³/mol. The third-order valence-corrected chi connectivity index (χ3v) is 4.73. The van der Waals surface area contributed by atoms with Gasteiger partial charge in [-0.2, -0.15) is 0 Å². The van der Waals surface area contributed by atoms with Gasteiger partial charge in [-0.05, 0) is 18.6 Å². The summed E-state index contributed by atoms with van der Waals surface area (Å²) in [5.74, 6) is 1.02. The molecule has 1 saturated heterocycles. The first-order valence-electron chi connectivity index (χ1n) is 8.52. The maximum absolute atomic E-state index is 6.29. The number of hydrogen-bond acceptors (Lipinski definition) is 3. The fourth-order valence-electron chi connectivity index (χ4n) is 3.03. The number of aromatic nitrogens is 2. The number of anilines is 1. The number of halogens is 1. The highest BCUT2D eigenvalue weighted by molar-refractivity contribution is 6.30. The van der Waals surface area contributed by atoms with E-state index in [0.29, 0.717) is 5.15 Å². The first-order chi connectivity index (χ1) is 11.3. The summed E-state index contributed by atoms with van der Waals surface area (Å²) in [6.07, 6.45) is 3.31. The number of rotatable bonds is 6. The molecule has 1 fully saturated rings. The Bertz CT molecular complexity index is 603. The summed E-state index contributed by atoms with van der Waals surface area (Å²) in [4.78, 5) is 12.7. The van der Waals surface area contributed by atoms with E-state index in [9.17, 15) is 0 Å². The third-order valence-electron chi connectivity index (χ3n) is 4.42. The van der Waals surface area contributed by atoms with Crippen LogP contribution >= 0.6 is 11.6 Å². The van der Waals surface area contributed by atoms with Crippen LogP contribution in [0.15, 0.2) is 30.3 Å². The van der Waals surface area contributed by atoms with Crippen LogP contribution in [0.2, 0.25) is 5.15 Å². The molecule has 0 unspecified atom stereocenters. The number of nitrogens with one attached hydrogen (secondary N) is 1. The number of hydrogen-bond donors (Lipinski definition) is 1. The first kappa shape index (κ1) is 16.3. The van der Waals surface area contributed by atoms with Crippen LogP contribution in [-0.4, -0.2) is 41.0 Å². The lowest BCUT2D eigenvalue weighted by molar-refractivity contribution is 0.247. The van der Waals surface area contributed by atoms with E-state index in [0.717, 1.165) is 57.1 Å². The van der Waals surface area contributed by atoms with Crippen molar-refractivity contribution in [2.75, 3.05) is 31.1 Å². The van der Waals surface area contributed by atoms with Gasteiger partial charge in [0, 0.05) is 44.8 Å². The van der Waals surface area contributed by atoms with Crippen molar-refractivity contribution in [2.24, 2.45) is 0 Å². The van der Waals surface area contributed by atoms with Gasteiger partial charge in [-0.3, -0.25) is 4.90 Å². The van der Waals surface area contributed by atoms with E-state index < -0.39 is 0 Å². The molecule has 0 bridgehead atoms. The van der Waals surface area contributed by atoms with E-state index in [1.165, 1.54) is 12.1 Å². The van der Waals surface area contributed by atoms with E-state index in [2.05, 4.69) is 57.0 Å². The van der Waals surface area contributed by atoms with E-state index >= 15 is 0 Å². The second kappa shape index (κ2) is 7.84. The fourth-order valence-corrected chi connectivity index (χ4v) is 3.24. The average molecular weight is 333 g/mol. The van der Waals surface area contributed by atoms with Gasteiger partial charge in [-0.1, -0.05) is 43.1 Å². The van der Waals surface area contributed by atoms with Crippen molar-refractivity contribution in [1.29, 1.82) is 0 Å². The van der Waals surface area contributed by atoms with E-state index in [-0.39, 0.29) is 0 Å². The van der Waals surface area contributed by atoms with E-state index in [4.69, 9.17) is 11.6 Å². The summed E-state index contributed by atoms with van der Waals surface area (Å²) in [6, 6.07) is 10.6. The Kier molecular flexibility index (Phi) is 5.57. The molecule has 0 spiro atoms. The van der Waals surface area contributed by atoms with Crippen LogP contribution in [-0.2, 0) is 13.0 Å². The van der Waals surface area contributed by atoms with Gasteiger partial charge < -0.3 is 9.88 Å². The first-order valence-corrected chi connectivity index (χ1v) is 8.89. The highest BCUT2D eigenvalue weighted by Gasteiger charge is 2.19. The third kappa shape index (κ3) is 4.27. The Morgan fingerprint density at radius 1 is 1.13 bits per heavy atom. The molecule has 1 aliphatic heterocycles. The molecule has 0 saturated carbocycles. The largest absolute Gasteiger partial charge is 0.369 e. The van der Waals surface area contributed by atoms with Crippen LogP contribution in [0.5, 0.6) is 0 Å². The summed E-state index contributed by atoms with van der Waals surface area (Å²) in [5.41, 5.74) is 2.37. The second-order valence-electron chi connectivity index (χ2n) is 6.16. The molecule has 0 aliphatic carbocycles. The molecule has 124 valence electrons. The summed E-state index contributed by atoms with van der Waals surface area (Å²) in [5, 5.41) is 0.640.